The number of rotatable bonds is 6. The molecule has 2 unspecified atom stereocenters. The van der Waals surface area contributed by atoms with Crippen LogP contribution in [0, 0.1) is 5.41 Å². The lowest BCUT2D eigenvalue weighted by molar-refractivity contribution is -0.138. The molecule has 2 fully saturated rings. The third kappa shape index (κ3) is 3.06. The summed E-state index contributed by atoms with van der Waals surface area (Å²) in [5.41, 5.74) is -0.107. The van der Waals surface area contributed by atoms with E-state index in [2.05, 4.69) is 19.2 Å². The molecule has 0 heterocycles. The van der Waals surface area contributed by atoms with Gasteiger partial charge in [-0.15, -0.1) is 0 Å². The van der Waals surface area contributed by atoms with Crippen molar-refractivity contribution in [2.45, 2.75) is 58.2 Å². The van der Waals surface area contributed by atoms with Gasteiger partial charge in [-0.3, -0.25) is 4.79 Å². The maximum Gasteiger partial charge on any atom is 0.323 e. The molecule has 20 heavy (non-hydrogen) atoms. The number of nitrogens with zero attached hydrogens (tertiary/aromatic N) is 1. The van der Waals surface area contributed by atoms with E-state index in [1.165, 1.54) is 4.90 Å². The summed E-state index contributed by atoms with van der Waals surface area (Å²) >= 11 is 0. The number of aliphatic carboxylic acids is 1. The van der Waals surface area contributed by atoms with Gasteiger partial charge in [0.05, 0.1) is 6.10 Å². The maximum absolute atomic E-state index is 12.2. The molecular formula is C14H24N2O4. The predicted molar refractivity (Wildman–Crippen MR) is 73.5 cm³/mol. The molecule has 2 saturated carbocycles. The first-order valence-electron chi connectivity index (χ1n) is 7.26. The molecular weight excluding hydrogens is 260 g/mol. The highest BCUT2D eigenvalue weighted by Gasteiger charge is 2.50. The molecule has 0 aromatic rings. The van der Waals surface area contributed by atoms with Crippen LogP contribution in [0.25, 0.3) is 0 Å². The van der Waals surface area contributed by atoms with E-state index in [-0.39, 0.29) is 36.2 Å². The van der Waals surface area contributed by atoms with Crippen LogP contribution in [0.15, 0.2) is 0 Å². The Morgan fingerprint density at radius 1 is 1.40 bits per heavy atom. The highest BCUT2D eigenvalue weighted by molar-refractivity contribution is 5.81. The third-order valence-corrected chi connectivity index (χ3v) is 4.40. The number of carbonyl (C=O) groups excluding carboxylic acids is 1. The fourth-order valence-corrected chi connectivity index (χ4v) is 2.75. The van der Waals surface area contributed by atoms with Gasteiger partial charge < -0.3 is 20.1 Å². The maximum atomic E-state index is 12.2. The Labute approximate surface area is 119 Å². The van der Waals surface area contributed by atoms with E-state index in [9.17, 15) is 9.59 Å². The fraction of sp³-hybridized carbons (Fsp3) is 0.857. The van der Waals surface area contributed by atoms with Crippen LogP contribution in [-0.4, -0.2) is 53.3 Å². The molecule has 0 bridgehead atoms. The number of nitrogens with one attached hydrogen (secondary N) is 1. The number of amides is 2. The standard InChI is InChI=1S/C14H24N2O4/c1-4-20-11-7-10(14(11,2)3)15-13(19)16(8-12(17)18)9-5-6-9/h9-11H,4-8H2,1-3H3,(H,15,19)(H,17,18). The molecule has 6 heteroatoms. The van der Waals surface area contributed by atoms with Gasteiger partial charge >= 0.3 is 12.0 Å². The average Bonchev–Trinajstić information content (AvgIpc) is 3.18. The lowest BCUT2D eigenvalue weighted by Gasteiger charge is -2.51. The molecule has 114 valence electrons. The lowest BCUT2D eigenvalue weighted by atomic mass is 9.64. The van der Waals surface area contributed by atoms with E-state index in [0.29, 0.717) is 6.61 Å². The van der Waals surface area contributed by atoms with Crippen molar-refractivity contribution in [3.05, 3.63) is 0 Å². The van der Waals surface area contributed by atoms with Gasteiger partial charge in [-0.1, -0.05) is 13.8 Å². The number of hydrogen-bond acceptors (Lipinski definition) is 3. The first-order chi connectivity index (χ1) is 9.36. The van der Waals surface area contributed by atoms with Gasteiger partial charge in [0.1, 0.15) is 6.54 Å². The second kappa shape index (κ2) is 5.60. The molecule has 0 radical (unpaired) electrons. The summed E-state index contributed by atoms with van der Waals surface area (Å²) < 4.78 is 5.63. The molecule has 2 N–H and O–H groups in total. The smallest absolute Gasteiger partial charge is 0.323 e. The average molecular weight is 284 g/mol. The van der Waals surface area contributed by atoms with Crippen LogP contribution in [0.2, 0.25) is 0 Å². The quantitative estimate of drug-likeness (QED) is 0.773. The fourth-order valence-electron chi connectivity index (χ4n) is 2.75. The van der Waals surface area contributed by atoms with Crippen LogP contribution >= 0.6 is 0 Å². The highest BCUT2D eigenvalue weighted by atomic mass is 16.5. The first kappa shape index (κ1) is 15.1. The van der Waals surface area contributed by atoms with Crippen molar-refractivity contribution in [1.82, 2.24) is 10.2 Å². The van der Waals surface area contributed by atoms with E-state index in [1.54, 1.807) is 0 Å². The molecule has 0 aliphatic heterocycles. The van der Waals surface area contributed by atoms with E-state index in [1.807, 2.05) is 6.92 Å². The van der Waals surface area contributed by atoms with E-state index >= 15 is 0 Å². The highest BCUT2D eigenvalue weighted by Crippen LogP contribution is 2.43. The Balaban J connectivity index is 1.89. The van der Waals surface area contributed by atoms with Crippen LogP contribution in [0.1, 0.15) is 40.0 Å². The molecule has 2 amide bonds. The topological polar surface area (TPSA) is 78.9 Å². The van der Waals surface area contributed by atoms with Crippen molar-refractivity contribution in [3.63, 3.8) is 0 Å². The van der Waals surface area contributed by atoms with E-state index < -0.39 is 5.97 Å². The molecule has 6 nitrogen and oxygen atoms in total. The Morgan fingerprint density at radius 3 is 2.50 bits per heavy atom. The minimum absolute atomic E-state index is 0.0431. The second-order valence-electron chi connectivity index (χ2n) is 6.26. The van der Waals surface area contributed by atoms with Crippen LogP contribution < -0.4 is 5.32 Å². The summed E-state index contributed by atoms with van der Waals surface area (Å²) in [6.45, 7) is 6.55. The largest absolute Gasteiger partial charge is 0.480 e. The number of ether oxygens (including phenoxy) is 1. The van der Waals surface area contributed by atoms with Crippen LogP contribution in [0.4, 0.5) is 4.79 Å². The summed E-state index contributed by atoms with van der Waals surface area (Å²) in [6.07, 6.45) is 2.75. The van der Waals surface area contributed by atoms with Crippen molar-refractivity contribution in [3.8, 4) is 0 Å². The van der Waals surface area contributed by atoms with Crippen molar-refractivity contribution < 1.29 is 19.4 Å². The molecule has 0 spiro atoms. The minimum atomic E-state index is -0.966. The van der Waals surface area contributed by atoms with Gasteiger partial charge in [0.2, 0.25) is 0 Å². The molecule has 0 saturated heterocycles. The van der Waals surface area contributed by atoms with Gasteiger partial charge in [-0.25, -0.2) is 4.79 Å². The Morgan fingerprint density at radius 2 is 2.05 bits per heavy atom. The summed E-state index contributed by atoms with van der Waals surface area (Å²) in [6, 6.07) is -0.124. The Hall–Kier alpha value is -1.30. The van der Waals surface area contributed by atoms with E-state index in [0.717, 1.165) is 19.3 Å². The number of carboxylic acid groups (broad SMARTS) is 1. The first-order valence-corrected chi connectivity index (χ1v) is 7.26. The Bertz CT molecular complexity index is 393. The minimum Gasteiger partial charge on any atom is -0.480 e. The monoisotopic (exact) mass is 284 g/mol. The van der Waals surface area contributed by atoms with E-state index in [4.69, 9.17) is 9.84 Å². The molecule has 2 aliphatic carbocycles. The summed E-state index contributed by atoms with van der Waals surface area (Å²) in [4.78, 5) is 24.5. The molecule has 0 aromatic carbocycles. The van der Waals surface area contributed by atoms with Crippen molar-refractivity contribution in [2.75, 3.05) is 13.2 Å². The third-order valence-electron chi connectivity index (χ3n) is 4.40. The van der Waals surface area contributed by atoms with Gasteiger partial charge in [-0.2, -0.15) is 0 Å². The summed E-state index contributed by atoms with van der Waals surface area (Å²) in [5.74, 6) is -0.966. The van der Waals surface area contributed by atoms with Crippen LogP contribution in [0.3, 0.4) is 0 Å². The SMILES string of the molecule is CCOC1CC(NC(=O)N(CC(=O)O)C2CC2)C1(C)C. The zero-order valence-corrected chi connectivity index (χ0v) is 12.4. The predicted octanol–water partition coefficient (Wildman–Crippen LogP) is 1.45. The van der Waals surface area contributed by atoms with Crippen molar-refractivity contribution in [2.24, 2.45) is 5.41 Å². The molecule has 2 aliphatic rings. The zero-order chi connectivity index (χ0) is 14.9. The number of carbonyl (C=O) groups is 2. The van der Waals surface area contributed by atoms with Crippen molar-refractivity contribution in [1.29, 1.82) is 0 Å². The molecule has 0 aromatic heterocycles. The Kier molecular flexibility index (Phi) is 4.22. The lowest BCUT2D eigenvalue weighted by Crippen LogP contribution is -2.63. The molecule has 2 rings (SSSR count). The van der Waals surface area contributed by atoms with Gasteiger partial charge in [0.25, 0.3) is 0 Å². The zero-order valence-electron chi connectivity index (χ0n) is 12.4. The normalized spacial score (nSPS) is 27.6. The molecule has 2 atom stereocenters. The second-order valence-corrected chi connectivity index (χ2v) is 6.26. The van der Waals surface area contributed by atoms with Gasteiger partial charge in [0, 0.05) is 24.1 Å². The summed E-state index contributed by atoms with van der Waals surface area (Å²) in [5, 5.41) is 11.9. The van der Waals surface area contributed by atoms with Crippen LogP contribution in [0.5, 0.6) is 0 Å². The van der Waals surface area contributed by atoms with Crippen LogP contribution in [-0.2, 0) is 9.53 Å². The van der Waals surface area contributed by atoms with Gasteiger partial charge in [0.15, 0.2) is 0 Å². The van der Waals surface area contributed by atoms with Crippen molar-refractivity contribution >= 4 is 12.0 Å². The number of carboxylic acids is 1. The summed E-state index contributed by atoms with van der Waals surface area (Å²) in [7, 11) is 0. The van der Waals surface area contributed by atoms with Gasteiger partial charge in [-0.05, 0) is 26.2 Å². The number of hydrogen-bond donors (Lipinski definition) is 2. The number of urea groups is 1.